The maximum absolute atomic E-state index is 13.3. The van der Waals surface area contributed by atoms with Crippen LogP contribution in [0.5, 0.6) is 5.75 Å². The Hall–Kier alpha value is -3.52. The average molecular weight is 475 g/mol. The van der Waals surface area contributed by atoms with Crippen molar-refractivity contribution in [2.24, 2.45) is 0 Å². The highest BCUT2D eigenvalue weighted by Crippen LogP contribution is 2.25. The molecule has 182 valence electrons. The molecule has 1 unspecified atom stereocenters. The molecule has 1 aromatic heterocycles. The Labute approximate surface area is 203 Å². The maximum Gasteiger partial charge on any atom is 0.262 e. The van der Waals surface area contributed by atoms with Crippen molar-refractivity contribution in [3.05, 3.63) is 69.8 Å². The van der Waals surface area contributed by atoms with Gasteiger partial charge in [0.25, 0.3) is 5.56 Å². The van der Waals surface area contributed by atoms with Crippen LogP contribution in [0, 0.1) is 6.92 Å². The minimum absolute atomic E-state index is 0.195. The largest absolute Gasteiger partial charge is 0.487 e. The minimum Gasteiger partial charge on any atom is -0.487 e. The molecule has 3 heterocycles. The molecule has 35 heavy (non-hydrogen) atoms. The molecule has 0 radical (unpaired) electrons. The molecule has 2 aromatic carbocycles. The fraction of sp³-hybridized carbons (Fsp3) is 0.407. The summed E-state index contributed by atoms with van der Waals surface area (Å²) in [6.45, 7) is 5.38. The highest BCUT2D eigenvalue weighted by Gasteiger charge is 2.30. The van der Waals surface area contributed by atoms with Gasteiger partial charge >= 0.3 is 0 Å². The van der Waals surface area contributed by atoms with Gasteiger partial charge in [-0.05, 0) is 62.5 Å². The lowest BCUT2D eigenvalue weighted by Gasteiger charge is -2.26. The van der Waals surface area contributed by atoms with Crippen LogP contribution in [0.15, 0.2) is 47.3 Å². The SMILES string of the molecule is Cc1nc2c(OCc3ccc(CN4CCCCC4)cc3)cccc2c(=O)n1C1CCC(=O)NC1=O. The number of aromatic nitrogens is 2. The Bertz CT molecular complexity index is 1310. The first-order valence-corrected chi connectivity index (χ1v) is 12.3. The van der Waals surface area contributed by atoms with Gasteiger partial charge in [0, 0.05) is 13.0 Å². The molecule has 2 fully saturated rings. The summed E-state index contributed by atoms with van der Waals surface area (Å²) in [5, 5.41) is 2.70. The average Bonchev–Trinajstić information content (AvgIpc) is 2.86. The number of benzene rings is 2. The van der Waals surface area contributed by atoms with Gasteiger partial charge in [0.2, 0.25) is 11.8 Å². The van der Waals surface area contributed by atoms with Gasteiger partial charge in [0.15, 0.2) is 0 Å². The lowest BCUT2D eigenvalue weighted by molar-refractivity contribution is -0.135. The molecule has 2 aliphatic rings. The number of rotatable bonds is 6. The molecule has 8 nitrogen and oxygen atoms in total. The van der Waals surface area contributed by atoms with Gasteiger partial charge in [-0.25, -0.2) is 4.98 Å². The summed E-state index contributed by atoms with van der Waals surface area (Å²) in [5.41, 5.74) is 2.50. The number of aryl methyl sites for hydroxylation is 1. The number of nitrogens with zero attached hydrogens (tertiary/aromatic N) is 3. The highest BCUT2D eigenvalue weighted by atomic mass is 16.5. The number of likely N-dealkylation sites (tertiary alicyclic amines) is 1. The second-order valence-corrected chi connectivity index (χ2v) is 9.40. The van der Waals surface area contributed by atoms with Crippen LogP contribution in [0.4, 0.5) is 0 Å². The van der Waals surface area contributed by atoms with Crippen molar-refractivity contribution in [1.82, 2.24) is 19.8 Å². The molecule has 2 amide bonds. The van der Waals surface area contributed by atoms with Crippen molar-refractivity contribution >= 4 is 22.7 Å². The Kier molecular flexibility index (Phi) is 6.63. The van der Waals surface area contributed by atoms with Crippen LogP contribution in [0.3, 0.4) is 0 Å². The second-order valence-electron chi connectivity index (χ2n) is 9.40. The van der Waals surface area contributed by atoms with E-state index in [1.165, 1.54) is 42.5 Å². The molecule has 2 aliphatic heterocycles. The zero-order valence-electron chi connectivity index (χ0n) is 20.0. The van der Waals surface area contributed by atoms with E-state index in [9.17, 15) is 14.4 Å². The van der Waals surface area contributed by atoms with Crippen LogP contribution < -0.4 is 15.6 Å². The predicted octanol–water partition coefficient (Wildman–Crippen LogP) is 3.25. The zero-order valence-corrected chi connectivity index (χ0v) is 20.0. The number of carbonyl (C=O) groups is 2. The molecule has 0 aliphatic carbocycles. The van der Waals surface area contributed by atoms with Gasteiger partial charge in [-0.2, -0.15) is 0 Å². The van der Waals surface area contributed by atoms with E-state index in [-0.39, 0.29) is 24.3 Å². The fourth-order valence-corrected chi connectivity index (χ4v) is 4.99. The van der Waals surface area contributed by atoms with E-state index in [1.807, 2.05) is 0 Å². The minimum atomic E-state index is -0.745. The Morgan fingerprint density at radius 1 is 1.00 bits per heavy atom. The Balaban J connectivity index is 1.33. The molecule has 0 bridgehead atoms. The van der Waals surface area contributed by atoms with E-state index < -0.39 is 11.9 Å². The van der Waals surface area contributed by atoms with Crippen molar-refractivity contribution in [2.75, 3.05) is 13.1 Å². The fourth-order valence-electron chi connectivity index (χ4n) is 4.99. The van der Waals surface area contributed by atoms with E-state index in [4.69, 9.17) is 4.74 Å². The Morgan fingerprint density at radius 3 is 2.49 bits per heavy atom. The van der Waals surface area contributed by atoms with E-state index >= 15 is 0 Å². The summed E-state index contributed by atoms with van der Waals surface area (Å²) in [5.74, 6) is 0.148. The monoisotopic (exact) mass is 474 g/mol. The molecule has 8 heteroatoms. The van der Waals surface area contributed by atoms with Gasteiger partial charge in [0.05, 0.1) is 5.39 Å². The molecular weight excluding hydrogens is 444 g/mol. The van der Waals surface area contributed by atoms with Crippen LogP contribution >= 0.6 is 0 Å². The number of nitrogens with one attached hydrogen (secondary N) is 1. The van der Waals surface area contributed by atoms with E-state index in [2.05, 4.69) is 39.5 Å². The first-order chi connectivity index (χ1) is 17.0. The highest BCUT2D eigenvalue weighted by molar-refractivity contribution is 5.99. The van der Waals surface area contributed by atoms with Gasteiger partial charge in [-0.15, -0.1) is 0 Å². The molecule has 0 saturated carbocycles. The van der Waals surface area contributed by atoms with Crippen molar-refractivity contribution in [3.63, 3.8) is 0 Å². The molecular formula is C27H30N4O4. The van der Waals surface area contributed by atoms with Crippen LogP contribution in [0.2, 0.25) is 0 Å². The van der Waals surface area contributed by atoms with Crippen LogP contribution in [-0.4, -0.2) is 39.4 Å². The first kappa shape index (κ1) is 23.2. The summed E-state index contributed by atoms with van der Waals surface area (Å²) in [6, 6.07) is 13.0. The number of piperidine rings is 2. The zero-order chi connectivity index (χ0) is 24.4. The maximum atomic E-state index is 13.3. The molecule has 3 aromatic rings. The van der Waals surface area contributed by atoms with Crippen LogP contribution in [-0.2, 0) is 22.7 Å². The topological polar surface area (TPSA) is 93.5 Å². The number of fused-ring (bicyclic) bond motifs is 1. The standard InChI is InChI=1S/C27H30N4O4/c1-18-28-25-21(27(34)31(18)22-12-13-24(32)29-26(22)33)6-5-7-23(25)35-17-20-10-8-19(9-11-20)16-30-14-3-2-4-15-30/h5-11,22H,2-4,12-17H2,1H3,(H,29,32,33). The summed E-state index contributed by atoms with van der Waals surface area (Å²) in [4.78, 5) is 44.3. The normalized spacial score (nSPS) is 19.1. The van der Waals surface area contributed by atoms with E-state index in [1.54, 1.807) is 25.1 Å². The van der Waals surface area contributed by atoms with Crippen molar-refractivity contribution in [3.8, 4) is 5.75 Å². The van der Waals surface area contributed by atoms with E-state index in [0.717, 1.165) is 12.1 Å². The lowest BCUT2D eigenvalue weighted by Crippen LogP contribution is -2.45. The lowest BCUT2D eigenvalue weighted by atomic mass is 10.1. The van der Waals surface area contributed by atoms with Crippen LogP contribution in [0.1, 0.15) is 55.1 Å². The number of para-hydroxylation sites is 1. The molecule has 1 atom stereocenters. The number of amides is 2. The summed E-state index contributed by atoms with van der Waals surface area (Å²) < 4.78 is 7.46. The van der Waals surface area contributed by atoms with Gasteiger partial charge in [-0.1, -0.05) is 36.8 Å². The summed E-state index contributed by atoms with van der Waals surface area (Å²) in [7, 11) is 0. The van der Waals surface area contributed by atoms with Crippen molar-refractivity contribution < 1.29 is 14.3 Å². The molecule has 2 saturated heterocycles. The van der Waals surface area contributed by atoms with Crippen molar-refractivity contribution in [2.45, 2.75) is 58.2 Å². The number of hydrogen-bond acceptors (Lipinski definition) is 6. The first-order valence-electron chi connectivity index (χ1n) is 12.3. The quantitative estimate of drug-likeness (QED) is 0.552. The van der Waals surface area contributed by atoms with Crippen LogP contribution in [0.25, 0.3) is 10.9 Å². The third-order valence-corrected chi connectivity index (χ3v) is 6.86. The van der Waals surface area contributed by atoms with Gasteiger partial charge in [0.1, 0.15) is 29.7 Å². The number of imide groups is 1. The van der Waals surface area contributed by atoms with E-state index in [0.29, 0.717) is 29.1 Å². The smallest absolute Gasteiger partial charge is 0.262 e. The third kappa shape index (κ3) is 4.98. The molecule has 0 spiro atoms. The third-order valence-electron chi connectivity index (χ3n) is 6.86. The van der Waals surface area contributed by atoms with Gasteiger partial charge < -0.3 is 4.74 Å². The summed E-state index contributed by atoms with van der Waals surface area (Å²) >= 11 is 0. The molecule has 5 rings (SSSR count). The predicted molar refractivity (Wildman–Crippen MR) is 132 cm³/mol. The van der Waals surface area contributed by atoms with Crippen molar-refractivity contribution in [1.29, 1.82) is 0 Å². The Morgan fingerprint density at radius 2 is 1.74 bits per heavy atom. The number of hydrogen-bond donors (Lipinski definition) is 1. The van der Waals surface area contributed by atoms with Gasteiger partial charge in [-0.3, -0.25) is 29.2 Å². The number of ether oxygens (including phenoxy) is 1. The summed E-state index contributed by atoms with van der Waals surface area (Å²) in [6.07, 6.45) is 4.37. The number of carbonyl (C=O) groups excluding carboxylic acids is 2. The molecule has 1 N–H and O–H groups in total. The second kappa shape index (κ2) is 10.00.